The SMILES string of the molecule is Cc1ccc(S(=O)(=O)NCC2CCCN(C(C(=O)NC3CC3)c3ccccc3)C2)cc1. The Balaban J connectivity index is 1.43. The third-order valence-corrected chi connectivity index (χ3v) is 7.54. The van der Waals surface area contributed by atoms with Gasteiger partial charge in [-0.2, -0.15) is 0 Å². The van der Waals surface area contributed by atoms with Crippen LogP contribution in [0.25, 0.3) is 0 Å². The molecule has 2 N–H and O–H groups in total. The Hall–Kier alpha value is -2.22. The molecule has 0 spiro atoms. The zero-order valence-corrected chi connectivity index (χ0v) is 18.8. The van der Waals surface area contributed by atoms with Gasteiger partial charge in [-0.3, -0.25) is 9.69 Å². The van der Waals surface area contributed by atoms with E-state index < -0.39 is 10.0 Å². The van der Waals surface area contributed by atoms with Gasteiger partial charge in [-0.1, -0.05) is 48.0 Å². The van der Waals surface area contributed by atoms with Gasteiger partial charge in [-0.25, -0.2) is 13.1 Å². The van der Waals surface area contributed by atoms with Crippen molar-refractivity contribution in [2.75, 3.05) is 19.6 Å². The molecule has 1 aliphatic carbocycles. The first-order valence-corrected chi connectivity index (χ1v) is 12.6. The van der Waals surface area contributed by atoms with Crippen LogP contribution < -0.4 is 10.0 Å². The van der Waals surface area contributed by atoms with Crippen LogP contribution in [0.1, 0.15) is 42.9 Å². The predicted molar refractivity (Wildman–Crippen MR) is 121 cm³/mol. The Morgan fingerprint density at radius 1 is 1.06 bits per heavy atom. The van der Waals surface area contributed by atoms with Crippen molar-refractivity contribution in [3.63, 3.8) is 0 Å². The molecule has 1 saturated carbocycles. The fourth-order valence-corrected chi connectivity index (χ4v) is 5.31. The van der Waals surface area contributed by atoms with Crippen LogP contribution in [0.5, 0.6) is 0 Å². The summed E-state index contributed by atoms with van der Waals surface area (Å²) < 4.78 is 28.1. The lowest BCUT2D eigenvalue weighted by molar-refractivity contribution is -0.127. The minimum atomic E-state index is -3.54. The lowest BCUT2D eigenvalue weighted by Gasteiger charge is -2.38. The van der Waals surface area contributed by atoms with Gasteiger partial charge in [0.15, 0.2) is 0 Å². The molecule has 2 aliphatic rings. The third-order valence-electron chi connectivity index (χ3n) is 6.10. The largest absolute Gasteiger partial charge is 0.352 e. The highest BCUT2D eigenvalue weighted by Gasteiger charge is 2.34. The number of carbonyl (C=O) groups excluding carboxylic acids is 1. The van der Waals surface area contributed by atoms with E-state index in [9.17, 15) is 13.2 Å². The Bertz CT molecular complexity index is 988. The minimum absolute atomic E-state index is 0.0505. The van der Waals surface area contributed by atoms with Crippen molar-refractivity contribution in [2.45, 2.75) is 49.6 Å². The number of nitrogens with zero attached hydrogens (tertiary/aromatic N) is 1. The smallest absolute Gasteiger partial charge is 0.242 e. The van der Waals surface area contributed by atoms with Crippen LogP contribution in [-0.2, 0) is 14.8 Å². The molecule has 31 heavy (non-hydrogen) atoms. The number of hydrogen-bond donors (Lipinski definition) is 2. The van der Waals surface area contributed by atoms with Crippen molar-refractivity contribution >= 4 is 15.9 Å². The summed E-state index contributed by atoms with van der Waals surface area (Å²) in [6.07, 6.45) is 3.99. The number of sulfonamides is 1. The first kappa shape index (κ1) is 22.0. The first-order valence-electron chi connectivity index (χ1n) is 11.1. The maximum atomic E-state index is 13.1. The summed E-state index contributed by atoms with van der Waals surface area (Å²) in [6, 6.07) is 16.7. The summed E-state index contributed by atoms with van der Waals surface area (Å²) in [7, 11) is -3.54. The summed E-state index contributed by atoms with van der Waals surface area (Å²) in [5.41, 5.74) is 2.01. The van der Waals surface area contributed by atoms with Crippen molar-refractivity contribution in [1.29, 1.82) is 0 Å². The molecule has 1 heterocycles. The lowest BCUT2D eigenvalue weighted by atomic mass is 9.94. The average Bonchev–Trinajstić information content (AvgIpc) is 3.58. The maximum Gasteiger partial charge on any atom is 0.242 e. The van der Waals surface area contributed by atoms with Gasteiger partial charge in [0.2, 0.25) is 15.9 Å². The van der Waals surface area contributed by atoms with Crippen molar-refractivity contribution in [1.82, 2.24) is 14.9 Å². The molecule has 2 aromatic carbocycles. The van der Waals surface area contributed by atoms with Crippen molar-refractivity contribution in [3.8, 4) is 0 Å². The van der Waals surface area contributed by atoms with Gasteiger partial charge in [-0.15, -0.1) is 0 Å². The van der Waals surface area contributed by atoms with Crippen LogP contribution in [0.4, 0.5) is 0 Å². The van der Waals surface area contributed by atoms with Gasteiger partial charge in [0.25, 0.3) is 0 Å². The molecule has 1 amide bonds. The van der Waals surface area contributed by atoms with Gasteiger partial charge in [0.05, 0.1) is 4.90 Å². The Morgan fingerprint density at radius 2 is 1.77 bits per heavy atom. The van der Waals surface area contributed by atoms with E-state index in [1.807, 2.05) is 37.3 Å². The van der Waals surface area contributed by atoms with Crippen LogP contribution >= 0.6 is 0 Å². The standard InChI is InChI=1S/C24H31N3O3S/c1-18-9-13-22(14-10-18)31(29,30)25-16-19-6-5-15-27(17-19)23(20-7-3-2-4-8-20)24(28)26-21-11-12-21/h2-4,7-10,13-14,19,21,23,25H,5-6,11-12,15-17H2,1H3,(H,26,28). The number of rotatable bonds is 8. The van der Waals surface area contributed by atoms with Crippen LogP contribution in [0.2, 0.25) is 0 Å². The second kappa shape index (κ2) is 9.51. The molecule has 2 atom stereocenters. The molecule has 0 bridgehead atoms. The highest BCUT2D eigenvalue weighted by Crippen LogP contribution is 2.29. The van der Waals surface area contributed by atoms with Gasteiger partial charge in [0, 0.05) is 19.1 Å². The molecule has 0 aromatic heterocycles. The molecule has 2 fully saturated rings. The molecule has 0 radical (unpaired) electrons. The summed E-state index contributed by atoms with van der Waals surface area (Å²) in [4.78, 5) is 15.6. The molecule has 1 aliphatic heterocycles. The third kappa shape index (κ3) is 5.73. The molecular formula is C24H31N3O3S. The molecule has 7 heteroatoms. The molecule has 166 valence electrons. The number of carbonyl (C=O) groups is 1. The van der Waals surface area contributed by atoms with E-state index in [1.165, 1.54) is 0 Å². The zero-order chi connectivity index (χ0) is 21.8. The summed E-state index contributed by atoms with van der Waals surface area (Å²) in [6.45, 7) is 3.83. The number of benzene rings is 2. The van der Waals surface area contributed by atoms with Crippen molar-refractivity contribution in [2.24, 2.45) is 5.92 Å². The number of nitrogens with one attached hydrogen (secondary N) is 2. The monoisotopic (exact) mass is 441 g/mol. The Labute approximate surface area is 185 Å². The maximum absolute atomic E-state index is 13.1. The highest BCUT2D eigenvalue weighted by atomic mass is 32.2. The predicted octanol–water partition coefficient (Wildman–Crippen LogP) is 3.01. The number of hydrogen-bond acceptors (Lipinski definition) is 4. The van der Waals surface area contributed by atoms with Gasteiger partial charge < -0.3 is 5.32 Å². The molecule has 4 rings (SSSR count). The van der Waals surface area contributed by atoms with Crippen LogP contribution in [-0.4, -0.2) is 44.9 Å². The topological polar surface area (TPSA) is 78.5 Å². The van der Waals surface area contributed by atoms with E-state index in [-0.39, 0.29) is 22.8 Å². The molecule has 1 saturated heterocycles. The number of aryl methyl sites for hydroxylation is 1. The van der Waals surface area contributed by atoms with Gasteiger partial charge >= 0.3 is 0 Å². The summed E-state index contributed by atoms with van der Waals surface area (Å²) in [5.74, 6) is 0.212. The van der Waals surface area contributed by atoms with E-state index in [0.29, 0.717) is 19.1 Å². The first-order chi connectivity index (χ1) is 14.9. The Kier molecular flexibility index (Phi) is 6.74. The van der Waals surface area contributed by atoms with E-state index in [0.717, 1.165) is 43.4 Å². The van der Waals surface area contributed by atoms with Crippen molar-refractivity contribution in [3.05, 3.63) is 65.7 Å². The van der Waals surface area contributed by atoms with Crippen LogP contribution in [0.3, 0.4) is 0 Å². The van der Waals surface area contributed by atoms with Gasteiger partial charge in [0.1, 0.15) is 6.04 Å². The van der Waals surface area contributed by atoms with E-state index in [1.54, 1.807) is 24.3 Å². The normalized spacial score (nSPS) is 20.9. The van der Waals surface area contributed by atoms with Crippen LogP contribution in [0, 0.1) is 12.8 Å². The highest BCUT2D eigenvalue weighted by molar-refractivity contribution is 7.89. The lowest BCUT2D eigenvalue weighted by Crippen LogP contribution is -2.47. The molecule has 2 unspecified atom stereocenters. The van der Waals surface area contributed by atoms with Crippen LogP contribution in [0.15, 0.2) is 59.5 Å². The van der Waals surface area contributed by atoms with E-state index in [2.05, 4.69) is 14.9 Å². The fraction of sp³-hybridized carbons (Fsp3) is 0.458. The quantitative estimate of drug-likeness (QED) is 0.660. The summed E-state index contributed by atoms with van der Waals surface area (Å²) >= 11 is 0. The number of likely N-dealkylation sites (tertiary alicyclic amines) is 1. The molecule has 6 nitrogen and oxygen atoms in total. The fourth-order valence-electron chi connectivity index (χ4n) is 4.20. The second-order valence-electron chi connectivity index (χ2n) is 8.76. The van der Waals surface area contributed by atoms with Gasteiger partial charge in [-0.05, 0) is 62.8 Å². The zero-order valence-electron chi connectivity index (χ0n) is 18.0. The van der Waals surface area contributed by atoms with Crippen molar-refractivity contribution < 1.29 is 13.2 Å². The second-order valence-corrected chi connectivity index (χ2v) is 10.5. The van der Waals surface area contributed by atoms with E-state index >= 15 is 0 Å². The minimum Gasteiger partial charge on any atom is -0.352 e. The molecular weight excluding hydrogens is 410 g/mol. The Morgan fingerprint density at radius 3 is 2.45 bits per heavy atom. The number of piperidine rings is 1. The van der Waals surface area contributed by atoms with E-state index in [4.69, 9.17) is 0 Å². The summed E-state index contributed by atoms with van der Waals surface area (Å²) in [5, 5.41) is 3.15. The number of amides is 1. The molecule has 2 aromatic rings. The average molecular weight is 442 g/mol.